The number of hydrogen-bond donors (Lipinski definition) is 2. The zero-order chi connectivity index (χ0) is 13.4. The van der Waals surface area contributed by atoms with Crippen LogP contribution in [-0.4, -0.2) is 40.1 Å². The van der Waals surface area contributed by atoms with Gasteiger partial charge >= 0.3 is 0 Å². The van der Waals surface area contributed by atoms with Gasteiger partial charge in [0.2, 0.25) is 0 Å². The smallest absolute Gasteiger partial charge is 0.192 e. The standard InChI is InChI=1S/C14H28N2OSi/c1-14(2,3)18(4,5)17-12-8-13(16-10-12)11-6-7-15-9-11/h6,12-13,15-16H,7-10H2,1-5H3/t12-,13+/m1/s1. The van der Waals surface area contributed by atoms with Crippen molar-refractivity contribution in [1.29, 1.82) is 0 Å². The second-order valence-corrected chi connectivity index (χ2v) is 11.9. The lowest BCUT2D eigenvalue weighted by Gasteiger charge is -2.38. The summed E-state index contributed by atoms with van der Waals surface area (Å²) in [6.45, 7) is 14.7. The third-order valence-corrected chi connectivity index (χ3v) is 9.18. The van der Waals surface area contributed by atoms with Crippen molar-refractivity contribution in [3.8, 4) is 0 Å². The molecule has 0 aromatic carbocycles. The van der Waals surface area contributed by atoms with Crippen LogP contribution in [0.4, 0.5) is 0 Å². The predicted octanol–water partition coefficient (Wildman–Crippen LogP) is 2.27. The minimum atomic E-state index is -1.61. The lowest BCUT2D eigenvalue weighted by atomic mass is 10.1. The maximum atomic E-state index is 6.48. The van der Waals surface area contributed by atoms with Crippen molar-refractivity contribution in [3.63, 3.8) is 0 Å². The molecule has 2 rings (SSSR count). The molecule has 2 heterocycles. The summed E-state index contributed by atoms with van der Waals surface area (Å²) in [6, 6.07) is 0.537. The van der Waals surface area contributed by atoms with Crippen LogP contribution in [0.3, 0.4) is 0 Å². The first-order valence-corrected chi connectivity index (χ1v) is 10.0. The fourth-order valence-corrected chi connectivity index (χ4v) is 3.79. The molecule has 0 aromatic rings. The van der Waals surface area contributed by atoms with E-state index in [9.17, 15) is 0 Å². The monoisotopic (exact) mass is 268 g/mol. The van der Waals surface area contributed by atoms with Gasteiger partial charge in [-0.15, -0.1) is 0 Å². The van der Waals surface area contributed by atoms with Crippen LogP contribution in [0.2, 0.25) is 18.1 Å². The van der Waals surface area contributed by atoms with Crippen LogP contribution >= 0.6 is 0 Å². The largest absolute Gasteiger partial charge is 0.413 e. The van der Waals surface area contributed by atoms with E-state index in [2.05, 4.69) is 50.6 Å². The molecule has 0 aromatic heterocycles. The highest BCUT2D eigenvalue weighted by atomic mass is 28.4. The number of nitrogens with one attached hydrogen (secondary N) is 2. The van der Waals surface area contributed by atoms with Crippen molar-refractivity contribution in [1.82, 2.24) is 10.6 Å². The molecule has 0 bridgehead atoms. The van der Waals surface area contributed by atoms with Crippen molar-refractivity contribution in [2.24, 2.45) is 0 Å². The Balaban J connectivity index is 1.90. The number of hydrogen-bond acceptors (Lipinski definition) is 3. The normalized spacial score (nSPS) is 29.7. The summed E-state index contributed by atoms with van der Waals surface area (Å²) in [6.07, 6.45) is 3.87. The third kappa shape index (κ3) is 3.04. The molecule has 104 valence electrons. The summed E-state index contributed by atoms with van der Waals surface area (Å²) in [7, 11) is -1.61. The Morgan fingerprint density at radius 1 is 1.33 bits per heavy atom. The summed E-state index contributed by atoms with van der Waals surface area (Å²) in [5.41, 5.74) is 1.52. The quantitative estimate of drug-likeness (QED) is 0.608. The summed E-state index contributed by atoms with van der Waals surface area (Å²) >= 11 is 0. The van der Waals surface area contributed by atoms with Crippen molar-refractivity contribution < 1.29 is 4.43 Å². The summed E-state index contributed by atoms with van der Waals surface area (Å²) < 4.78 is 6.48. The zero-order valence-corrected chi connectivity index (χ0v) is 13.5. The highest BCUT2D eigenvalue weighted by Gasteiger charge is 2.41. The maximum absolute atomic E-state index is 6.48. The lowest BCUT2D eigenvalue weighted by molar-refractivity contribution is 0.198. The zero-order valence-electron chi connectivity index (χ0n) is 12.5. The van der Waals surface area contributed by atoms with Gasteiger partial charge in [-0.25, -0.2) is 0 Å². The molecule has 0 aliphatic carbocycles. The first kappa shape index (κ1) is 14.3. The first-order valence-electron chi connectivity index (χ1n) is 7.10. The van der Waals surface area contributed by atoms with Crippen LogP contribution in [0.25, 0.3) is 0 Å². The van der Waals surface area contributed by atoms with E-state index in [1.165, 1.54) is 5.57 Å². The van der Waals surface area contributed by atoms with Crippen LogP contribution < -0.4 is 10.6 Å². The Bertz CT molecular complexity index is 333. The van der Waals surface area contributed by atoms with Gasteiger partial charge in [0.1, 0.15) is 0 Å². The summed E-state index contributed by atoms with van der Waals surface area (Å²) in [4.78, 5) is 0. The van der Waals surface area contributed by atoms with Crippen LogP contribution in [0.1, 0.15) is 27.2 Å². The number of rotatable bonds is 3. The van der Waals surface area contributed by atoms with Crippen LogP contribution in [0.5, 0.6) is 0 Å². The molecule has 0 amide bonds. The SMILES string of the molecule is CC(C)(C)[Si](C)(C)O[C@H]1CN[C@H](C2=CCNC2)C1. The summed E-state index contributed by atoms with van der Waals surface area (Å²) in [5, 5.41) is 7.29. The molecular weight excluding hydrogens is 240 g/mol. The van der Waals surface area contributed by atoms with Crippen LogP contribution in [0.15, 0.2) is 11.6 Å². The summed E-state index contributed by atoms with van der Waals surface area (Å²) in [5.74, 6) is 0. The molecule has 0 saturated carbocycles. The molecule has 0 unspecified atom stereocenters. The highest BCUT2D eigenvalue weighted by Crippen LogP contribution is 2.38. The molecule has 0 spiro atoms. The van der Waals surface area contributed by atoms with E-state index >= 15 is 0 Å². The second kappa shape index (κ2) is 5.08. The molecule has 2 atom stereocenters. The van der Waals surface area contributed by atoms with Gasteiger partial charge in [0.15, 0.2) is 8.32 Å². The van der Waals surface area contributed by atoms with Gasteiger partial charge in [-0.2, -0.15) is 0 Å². The Morgan fingerprint density at radius 3 is 2.61 bits per heavy atom. The van der Waals surface area contributed by atoms with Gasteiger partial charge < -0.3 is 15.1 Å². The second-order valence-electron chi connectivity index (χ2n) is 7.11. The maximum Gasteiger partial charge on any atom is 0.192 e. The van der Waals surface area contributed by atoms with E-state index in [-0.39, 0.29) is 0 Å². The van der Waals surface area contributed by atoms with Gasteiger partial charge in [-0.05, 0) is 30.1 Å². The molecular formula is C14H28N2OSi. The minimum Gasteiger partial charge on any atom is -0.413 e. The van der Waals surface area contributed by atoms with E-state index < -0.39 is 8.32 Å². The average molecular weight is 268 g/mol. The fraction of sp³-hybridized carbons (Fsp3) is 0.857. The van der Waals surface area contributed by atoms with E-state index in [1.54, 1.807) is 0 Å². The van der Waals surface area contributed by atoms with Crippen LogP contribution in [0, 0.1) is 0 Å². The fourth-order valence-electron chi connectivity index (χ4n) is 2.43. The molecule has 1 saturated heterocycles. The molecule has 18 heavy (non-hydrogen) atoms. The molecule has 4 heteroatoms. The molecule has 2 aliphatic rings. The van der Waals surface area contributed by atoms with Gasteiger partial charge in [0.25, 0.3) is 0 Å². The van der Waals surface area contributed by atoms with Gasteiger partial charge in [0.05, 0.1) is 6.10 Å². The van der Waals surface area contributed by atoms with Gasteiger partial charge in [-0.3, -0.25) is 0 Å². The molecule has 2 N–H and O–H groups in total. The van der Waals surface area contributed by atoms with Crippen molar-refractivity contribution >= 4 is 8.32 Å². The Kier molecular flexibility index (Phi) is 4.02. The average Bonchev–Trinajstić information content (AvgIpc) is 2.83. The van der Waals surface area contributed by atoms with Crippen molar-refractivity contribution in [2.45, 2.75) is 57.5 Å². The molecule has 0 radical (unpaired) electrons. The van der Waals surface area contributed by atoms with E-state index in [0.717, 1.165) is 26.1 Å². The van der Waals surface area contributed by atoms with Crippen LogP contribution in [-0.2, 0) is 4.43 Å². The lowest BCUT2D eigenvalue weighted by Crippen LogP contribution is -2.44. The minimum absolute atomic E-state index is 0.305. The van der Waals surface area contributed by atoms with E-state index in [1.807, 2.05) is 0 Å². The third-order valence-electron chi connectivity index (χ3n) is 4.64. The van der Waals surface area contributed by atoms with Gasteiger partial charge in [0, 0.05) is 25.7 Å². The Labute approximate surface area is 112 Å². The van der Waals surface area contributed by atoms with Crippen molar-refractivity contribution in [2.75, 3.05) is 19.6 Å². The highest BCUT2D eigenvalue weighted by molar-refractivity contribution is 6.74. The first-order chi connectivity index (χ1) is 8.29. The molecule has 3 nitrogen and oxygen atoms in total. The van der Waals surface area contributed by atoms with E-state index in [4.69, 9.17) is 4.43 Å². The van der Waals surface area contributed by atoms with E-state index in [0.29, 0.717) is 17.2 Å². The Morgan fingerprint density at radius 2 is 2.06 bits per heavy atom. The Hall–Kier alpha value is -0.163. The molecule has 1 fully saturated rings. The topological polar surface area (TPSA) is 33.3 Å². The predicted molar refractivity (Wildman–Crippen MR) is 79.4 cm³/mol. The molecule has 2 aliphatic heterocycles. The van der Waals surface area contributed by atoms with Gasteiger partial charge in [-0.1, -0.05) is 26.8 Å². The van der Waals surface area contributed by atoms with Crippen molar-refractivity contribution in [3.05, 3.63) is 11.6 Å².